The van der Waals surface area contributed by atoms with Gasteiger partial charge in [0.25, 0.3) is 0 Å². The van der Waals surface area contributed by atoms with Crippen LogP contribution in [0, 0.1) is 29.3 Å². The third kappa shape index (κ3) is 2.72. The van der Waals surface area contributed by atoms with Gasteiger partial charge in [-0.2, -0.15) is 0 Å². The molecule has 0 aromatic heterocycles. The van der Waals surface area contributed by atoms with Crippen LogP contribution in [0.15, 0.2) is 18.2 Å². The molecule has 0 spiro atoms. The minimum atomic E-state index is -1.16. The van der Waals surface area contributed by atoms with Crippen LogP contribution in [-0.4, -0.2) is 0 Å². The molecule has 0 amide bonds. The van der Waals surface area contributed by atoms with Crippen LogP contribution < -0.4 is 0 Å². The highest BCUT2D eigenvalue weighted by molar-refractivity contribution is 5.07. The molecular formula is C7H4F3N. The molecule has 0 unspecified atom stereocenters. The van der Waals surface area contributed by atoms with E-state index in [9.17, 15) is 13.2 Å². The van der Waals surface area contributed by atoms with Gasteiger partial charge in [0.1, 0.15) is 5.82 Å². The Morgan fingerprint density at radius 2 is 1.55 bits per heavy atom. The molecule has 0 heterocycles. The van der Waals surface area contributed by atoms with E-state index in [2.05, 4.69) is 6.57 Å². The van der Waals surface area contributed by atoms with Crippen LogP contribution in [0.2, 0.25) is 0 Å². The molecule has 1 aromatic carbocycles. The second-order valence-electron chi connectivity index (χ2n) is 1.56. The van der Waals surface area contributed by atoms with Crippen molar-refractivity contribution in [3.8, 4) is 6.57 Å². The van der Waals surface area contributed by atoms with Gasteiger partial charge in [0.2, 0.25) is 0 Å². The van der Waals surface area contributed by atoms with Crippen LogP contribution in [0.1, 0.15) is 0 Å². The second kappa shape index (κ2) is 4.34. The Morgan fingerprint density at radius 1 is 1.00 bits per heavy atom. The van der Waals surface area contributed by atoms with Gasteiger partial charge in [-0.15, -0.1) is 0 Å². The highest BCUT2D eigenvalue weighted by atomic mass is 19.2. The van der Waals surface area contributed by atoms with Crippen molar-refractivity contribution in [3.63, 3.8) is 0 Å². The smallest absolute Gasteiger partial charge is 0.161 e. The minimum absolute atomic E-state index is 0.495. The summed E-state index contributed by atoms with van der Waals surface area (Å²) in [6, 6.07) is 2.10. The molecule has 0 radical (unpaired) electrons. The number of benzene rings is 1. The van der Waals surface area contributed by atoms with Crippen molar-refractivity contribution in [2.24, 2.45) is 0 Å². The fraction of sp³-hybridized carbons (Fsp3) is 0. The van der Waals surface area contributed by atoms with Crippen LogP contribution in [0.5, 0.6) is 0 Å². The lowest BCUT2D eigenvalue weighted by Crippen LogP contribution is -1.83. The summed E-state index contributed by atoms with van der Waals surface area (Å²) in [6.45, 7) is 3.50. The molecule has 0 aliphatic carbocycles. The Labute approximate surface area is 61.7 Å². The SMILES string of the molecule is C#N.Fc1ccc(F)c(F)c1. The first kappa shape index (κ1) is 9.50. The topological polar surface area (TPSA) is 23.8 Å². The van der Waals surface area contributed by atoms with Gasteiger partial charge in [0.05, 0.1) is 0 Å². The zero-order valence-electron chi connectivity index (χ0n) is 5.39. The first-order valence-corrected chi connectivity index (χ1v) is 2.56. The van der Waals surface area contributed by atoms with E-state index in [1.807, 2.05) is 0 Å². The monoisotopic (exact) mass is 159 g/mol. The number of halogens is 3. The number of nitrogens with zero attached hydrogens (tertiary/aromatic N) is 1. The highest BCUT2D eigenvalue weighted by Crippen LogP contribution is 2.05. The average molecular weight is 159 g/mol. The molecule has 58 valence electrons. The zero-order chi connectivity index (χ0) is 8.85. The van der Waals surface area contributed by atoms with Crippen molar-refractivity contribution in [1.82, 2.24) is 0 Å². The van der Waals surface area contributed by atoms with Crippen molar-refractivity contribution >= 4 is 0 Å². The molecule has 0 saturated carbocycles. The van der Waals surface area contributed by atoms with Gasteiger partial charge in [0.15, 0.2) is 11.6 Å². The largest absolute Gasteiger partial charge is 0.207 e. The van der Waals surface area contributed by atoms with Gasteiger partial charge in [-0.05, 0) is 12.1 Å². The summed E-state index contributed by atoms with van der Waals surface area (Å²) in [5.74, 6) is -2.96. The number of hydrogen-bond donors (Lipinski definition) is 0. The lowest BCUT2D eigenvalue weighted by molar-refractivity contribution is 0.495. The third-order valence-corrected chi connectivity index (χ3v) is 0.882. The Hall–Kier alpha value is -1.50. The second-order valence-corrected chi connectivity index (χ2v) is 1.56. The quantitative estimate of drug-likeness (QED) is 0.532. The molecule has 1 nitrogen and oxygen atoms in total. The van der Waals surface area contributed by atoms with Crippen LogP contribution in [-0.2, 0) is 0 Å². The fourth-order valence-electron chi connectivity index (χ4n) is 0.470. The van der Waals surface area contributed by atoms with Crippen molar-refractivity contribution in [2.45, 2.75) is 0 Å². The van der Waals surface area contributed by atoms with Crippen molar-refractivity contribution in [2.75, 3.05) is 0 Å². The summed E-state index contributed by atoms with van der Waals surface area (Å²) >= 11 is 0. The average Bonchev–Trinajstić information content (AvgIpc) is 2.02. The van der Waals surface area contributed by atoms with Gasteiger partial charge < -0.3 is 0 Å². The first-order valence-electron chi connectivity index (χ1n) is 2.56. The molecule has 0 N–H and O–H groups in total. The molecule has 4 heteroatoms. The lowest BCUT2D eigenvalue weighted by Gasteiger charge is -1.88. The first-order chi connectivity index (χ1) is 5.20. The molecule has 1 rings (SSSR count). The predicted octanol–water partition coefficient (Wildman–Crippen LogP) is 2.24. The van der Waals surface area contributed by atoms with Crippen molar-refractivity contribution in [3.05, 3.63) is 35.7 Å². The summed E-state index contributed by atoms with van der Waals surface area (Å²) in [7, 11) is 0. The van der Waals surface area contributed by atoms with Gasteiger partial charge in [0, 0.05) is 12.6 Å². The number of nitriles is 1. The molecule has 0 aliphatic rings. The Kier molecular flexibility index (Phi) is 3.75. The van der Waals surface area contributed by atoms with Crippen molar-refractivity contribution < 1.29 is 13.2 Å². The Balaban J connectivity index is 0.000000461. The molecule has 11 heavy (non-hydrogen) atoms. The summed E-state index contributed by atoms with van der Waals surface area (Å²) in [4.78, 5) is 0. The van der Waals surface area contributed by atoms with E-state index in [4.69, 9.17) is 5.26 Å². The molecule has 0 saturated heterocycles. The molecule has 0 bridgehead atoms. The van der Waals surface area contributed by atoms with Gasteiger partial charge in [-0.25, -0.2) is 18.4 Å². The zero-order valence-corrected chi connectivity index (χ0v) is 5.39. The van der Waals surface area contributed by atoms with E-state index in [0.29, 0.717) is 6.07 Å². The fourth-order valence-corrected chi connectivity index (χ4v) is 0.470. The van der Waals surface area contributed by atoms with Gasteiger partial charge in [-0.1, -0.05) is 0 Å². The highest BCUT2D eigenvalue weighted by Gasteiger charge is 1.99. The molecular weight excluding hydrogens is 155 g/mol. The van der Waals surface area contributed by atoms with E-state index in [0.717, 1.165) is 12.1 Å². The summed E-state index contributed by atoms with van der Waals surface area (Å²) in [5.41, 5.74) is 0. The minimum Gasteiger partial charge on any atom is -0.207 e. The van der Waals surface area contributed by atoms with Gasteiger partial charge in [-0.3, -0.25) is 0 Å². The van der Waals surface area contributed by atoms with E-state index >= 15 is 0 Å². The summed E-state index contributed by atoms with van der Waals surface area (Å²) < 4.78 is 35.9. The van der Waals surface area contributed by atoms with E-state index in [-0.39, 0.29) is 0 Å². The predicted molar refractivity (Wildman–Crippen MR) is 33.0 cm³/mol. The summed E-state index contributed by atoms with van der Waals surface area (Å²) in [5, 5.41) is 6.50. The third-order valence-electron chi connectivity index (χ3n) is 0.882. The van der Waals surface area contributed by atoms with E-state index in [1.165, 1.54) is 0 Å². The maximum Gasteiger partial charge on any atom is 0.161 e. The van der Waals surface area contributed by atoms with Crippen LogP contribution in [0.3, 0.4) is 0 Å². The van der Waals surface area contributed by atoms with Crippen LogP contribution >= 0.6 is 0 Å². The molecule has 1 aromatic rings. The van der Waals surface area contributed by atoms with Crippen LogP contribution in [0.4, 0.5) is 13.2 Å². The Morgan fingerprint density at radius 3 is 1.91 bits per heavy atom. The Bertz CT molecular complexity index is 257. The van der Waals surface area contributed by atoms with Crippen LogP contribution in [0.25, 0.3) is 0 Å². The number of rotatable bonds is 0. The van der Waals surface area contributed by atoms with Gasteiger partial charge >= 0.3 is 0 Å². The number of hydrogen-bond acceptors (Lipinski definition) is 1. The molecule has 0 atom stereocenters. The lowest BCUT2D eigenvalue weighted by atomic mass is 10.3. The van der Waals surface area contributed by atoms with E-state index in [1.54, 1.807) is 0 Å². The molecule has 0 aliphatic heterocycles. The maximum atomic E-state index is 12.0. The normalized spacial score (nSPS) is 8.09. The summed E-state index contributed by atoms with van der Waals surface area (Å²) in [6.07, 6.45) is 0. The molecule has 0 fully saturated rings. The van der Waals surface area contributed by atoms with Crippen molar-refractivity contribution in [1.29, 1.82) is 5.26 Å². The standard InChI is InChI=1S/C6H3F3.CHN/c7-4-1-2-5(8)6(9)3-4;1-2/h1-3H;1H. The maximum absolute atomic E-state index is 12.0. The van der Waals surface area contributed by atoms with E-state index < -0.39 is 17.5 Å².